The van der Waals surface area contributed by atoms with Crippen molar-refractivity contribution in [3.8, 4) is 0 Å². The lowest BCUT2D eigenvalue weighted by Crippen LogP contribution is -2.08. The molecule has 1 unspecified atom stereocenters. The van der Waals surface area contributed by atoms with Gasteiger partial charge in [0, 0.05) is 5.92 Å². The fourth-order valence-corrected chi connectivity index (χ4v) is 0.873. The van der Waals surface area contributed by atoms with Gasteiger partial charge >= 0.3 is 0 Å². The predicted molar refractivity (Wildman–Crippen MR) is 39.3 cm³/mol. The van der Waals surface area contributed by atoms with Crippen LogP contribution in [0.3, 0.4) is 0 Å². The zero-order chi connectivity index (χ0) is 7.44. The highest BCUT2D eigenvalue weighted by Crippen LogP contribution is 2.10. The van der Waals surface area contributed by atoms with Gasteiger partial charge in [-0.3, -0.25) is 4.79 Å². The molecule has 0 aliphatic carbocycles. The second-order valence-corrected chi connectivity index (χ2v) is 3.14. The molecular formula is C8H16O. The molecule has 0 saturated carbocycles. The van der Waals surface area contributed by atoms with E-state index in [1.165, 1.54) is 0 Å². The summed E-state index contributed by atoms with van der Waals surface area (Å²) < 4.78 is 0. The van der Waals surface area contributed by atoms with Crippen LogP contribution >= 0.6 is 0 Å². The molecule has 0 fully saturated rings. The Morgan fingerprint density at radius 2 is 1.78 bits per heavy atom. The van der Waals surface area contributed by atoms with Gasteiger partial charge in [-0.25, -0.2) is 0 Å². The minimum absolute atomic E-state index is 0.255. The number of ketones is 1. The average molecular weight is 128 g/mol. The summed E-state index contributed by atoms with van der Waals surface area (Å²) in [5.74, 6) is 1.21. The highest BCUT2D eigenvalue weighted by Gasteiger charge is 2.08. The second-order valence-electron chi connectivity index (χ2n) is 3.14. The summed E-state index contributed by atoms with van der Waals surface area (Å²) in [6.07, 6.45) is 1.02. The Balaban J connectivity index is 3.50. The third-order valence-corrected chi connectivity index (χ3v) is 1.52. The Kier molecular flexibility index (Phi) is 3.52. The maximum absolute atomic E-state index is 10.7. The van der Waals surface area contributed by atoms with Crippen LogP contribution in [0.25, 0.3) is 0 Å². The highest BCUT2D eigenvalue weighted by atomic mass is 16.1. The number of hydrogen-bond acceptors (Lipinski definition) is 1. The van der Waals surface area contributed by atoms with E-state index in [-0.39, 0.29) is 5.92 Å². The molecule has 1 atom stereocenters. The molecule has 0 heterocycles. The summed E-state index contributed by atoms with van der Waals surface area (Å²) in [6.45, 7) is 7.92. The van der Waals surface area contributed by atoms with Crippen LogP contribution in [0.1, 0.15) is 34.1 Å². The zero-order valence-corrected chi connectivity index (χ0v) is 6.77. The van der Waals surface area contributed by atoms with E-state index < -0.39 is 0 Å². The summed E-state index contributed by atoms with van der Waals surface area (Å²) >= 11 is 0. The molecule has 0 saturated heterocycles. The first kappa shape index (κ1) is 8.67. The van der Waals surface area contributed by atoms with Crippen LogP contribution < -0.4 is 0 Å². The summed E-state index contributed by atoms with van der Waals surface area (Å²) in [6, 6.07) is 0. The fourth-order valence-electron chi connectivity index (χ4n) is 0.873. The average Bonchev–Trinajstić information content (AvgIpc) is 1.63. The van der Waals surface area contributed by atoms with Gasteiger partial charge in [-0.15, -0.1) is 0 Å². The molecule has 0 aliphatic rings. The molecule has 0 bridgehead atoms. The molecule has 0 amide bonds. The van der Waals surface area contributed by atoms with Gasteiger partial charge in [-0.2, -0.15) is 0 Å². The van der Waals surface area contributed by atoms with E-state index in [0.717, 1.165) is 6.42 Å². The molecule has 0 aromatic carbocycles. The third kappa shape index (κ3) is 4.19. The molecule has 0 aliphatic heterocycles. The maximum atomic E-state index is 10.7. The molecule has 0 aromatic heterocycles. The van der Waals surface area contributed by atoms with Gasteiger partial charge in [-0.05, 0) is 19.3 Å². The monoisotopic (exact) mass is 128 g/mol. The van der Waals surface area contributed by atoms with Crippen LogP contribution in [0.2, 0.25) is 0 Å². The van der Waals surface area contributed by atoms with Crippen LogP contribution in [-0.4, -0.2) is 5.78 Å². The van der Waals surface area contributed by atoms with Crippen LogP contribution in [0.15, 0.2) is 0 Å². The lowest BCUT2D eigenvalue weighted by Gasteiger charge is -2.08. The number of hydrogen-bond donors (Lipinski definition) is 0. The Labute approximate surface area is 57.5 Å². The van der Waals surface area contributed by atoms with E-state index in [0.29, 0.717) is 11.7 Å². The molecular weight excluding hydrogens is 112 g/mol. The standard InChI is InChI=1S/C8H16O/c1-6(2)5-7(3)8(4)9/h6-7H,5H2,1-4H3. The van der Waals surface area contributed by atoms with Crippen molar-refractivity contribution >= 4 is 5.78 Å². The maximum Gasteiger partial charge on any atom is 0.132 e. The van der Waals surface area contributed by atoms with Crippen LogP contribution in [0, 0.1) is 11.8 Å². The molecule has 1 heteroatoms. The Bertz CT molecular complexity index is 94.7. The zero-order valence-electron chi connectivity index (χ0n) is 6.77. The molecule has 1 nitrogen and oxygen atoms in total. The van der Waals surface area contributed by atoms with E-state index in [4.69, 9.17) is 0 Å². The van der Waals surface area contributed by atoms with Crippen LogP contribution in [-0.2, 0) is 4.79 Å². The summed E-state index contributed by atoms with van der Waals surface area (Å²) in [5, 5.41) is 0. The number of Topliss-reactive ketones (excluding diaryl/α,β-unsaturated/α-hetero) is 1. The van der Waals surface area contributed by atoms with E-state index in [1.54, 1.807) is 6.92 Å². The first-order valence-electron chi connectivity index (χ1n) is 3.54. The summed E-state index contributed by atoms with van der Waals surface area (Å²) in [5.41, 5.74) is 0. The summed E-state index contributed by atoms with van der Waals surface area (Å²) in [4.78, 5) is 10.7. The van der Waals surface area contributed by atoms with Crippen molar-refractivity contribution < 1.29 is 4.79 Å². The van der Waals surface area contributed by atoms with E-state index >= 15 is 0 Å². The van der Waals surface area contributed by atoms with Gasteiger partial charge in [-0.1, -0.05) is 20.8 Å². The molecule has 9 heavy (non-hydrogen) atoms. The first-order chi connectivity index (χ1) is 4.04. The Morgan fingerprint density at radius 1 is 1.33 bits per heavy atom. The minimum atomic E-state index is 0.255. The lowest BCUT2D eigenvalue weighted by atomic mass is 9.96. The number of carbonyl (C=O) groups is 1. The van der Waals surface area contributed by atoms with Gasteiger partial charge in [0.15, 0.2) is 0 Å². The van der Waals surface area contributed by atoms with Crippen LogP contribution in [0.4, 0.5) is 0 Å². The van der Waals surface area contributed by atoms with Crippen molar-refractivity contribution in [1.82, 2.24) is 0 Å². The minimum Gasteiger partial charge on any atom is -0.300 e. The largest absolute Gasteiger partial charge is 0.300 e. The third-order valence-electron chi connectivity index (χ3n) is 1.52. The topological polar surface area (TPSA) is 17.1 Å². The van der Waals surface area contributed by atoms with Crippen molar-refractivity contribution in [3.63, 3.8) is 0 Å². The fraction of sp³-hybridized carbons (Fsp3) is 0.875. The van der Waals surface area contributed by atoms with Crippen LogP contribution in [0.5, 0.6) is 0 Å². The van der Waals surface area contributed by atoms with Crippen molar-refractivity contribution in [3.05, 3.63) is 0 Å². The smallest absolute Gasteiger partial charge is 0.132 e. The Morgan fingerprint density at radius 3 is 1.89 bits per heavy atom. The van der Waals surface area contributed by atoms with Gasteiger partial charge in [0.25, 0.3) is 0 Å². The molecule has 0 rings (SSSR count). The second kappa shape index (κ2) is 3.65. The van der Waals surface area contributed by atoms with Gasteiger partial charge in [0.2, 0.25) is 0 Å². The van der Waals surface area contributed by atoms with Crippen molar-refractivity contribution in [2.75, 3.05) is 0 Å². The van der Waals surface area contributed by atoms with Crippen molar-refractivity contribution in [2.45, 2.75) is 34.1 Å². The molecule has 54 valence electrons. The SMILES string of the molecule is CC(=O)C(C)CC(C)C. The Hall–Kier alpha value is -0.330. The normalized spacial score (nSPS) is 13.9. The molecule has 0 aromatic rings. The van der Waals surface area contributed by atoms with Crippen molar-refractivity contribution in [1.29, 1.82) is 0 Å². The van der Waals surface area contributed by atoms with E-state index in [1.807, 2.05) is 6.92 Å². The van der Waals surface area contributed by atoms with E-state index in [9.17, 15) is 4.79 Å². The number of carbonyl (C=O) groups excluding carboxylic acids is 1. The lowest BCUT2D eigenvalue weighted by molar-refractivity contribution is -0.120. The van der Waals surface area contributed by atoms with E-state index in [2.05, 4.69) is 13.8 Å². The van der Waals surface area contributed by atoms with Gasteiger partial charge in [0.1, 0.15) is 5.78 Å². The molecule has 0 N–H and O–H groups in total. The molecule has 0 spiro atoms. The number of rotatable bonds is 3. The summed E-state index contributed by atoms with van der Waals surface area (Å²) in [7, 11) is 0. The van der Waals surface area contributed by atoms with Crippen molar-refractivity contribution in [2.24, 2.45) is 11.8 Å². The molecule has 0 radical (unpaired) electrons. The highest BCUT2D eigenvalue weighted by molar-refractivity contribution is 5.77. The first-order valence-corrected chi connectivity index (χ1v) is 3.54. The predicted octanol–water partition coefficient (Wildman–Crippen LogP) is 2.26. The van der Waals surface area contributed by atoms with Gasteiger partial charge in [0.05, 0.1) is 0 Å². The quantitative estimate of drug-likeness (QED) is 0.569. The van der Waals surface area contributed by atoms with Gasteiger partial charge < -0.3 is 0 Å².